The summed E-state index contributed by atoms with van der Waals surface area (Å²) in [5.41, 5.74) is 0.419. The minimum atomic E-state index is -0.420. The fourth-order valence-corrected chi connectivity index (χ4v) is 2.84. The van der Waals surface area contributed by atoms with Crippen molar-refractivity contribution in [1.29, 1.82) is 0 Å². The summed E-state index contributed by atoms with van der Waals surface area (Å²) in [7, 11) is 1.59. The van der Waals surface area contributed by atoms with Gasteiger partial charge in [0.1, 0.15) is 5.82 Å². The van der Waals surface area contributed by atoms with Crippen LogP contribution in [-0.2, 0) is 19.1 Å². The largest absolute Gasteiger partial charge is 0.455 e. The van der Waals surface area contributed by atoms with Crippen molar-refractivity contribution in [3.63, 3.8) is 0 Å². The molecule has 1 fully saturated rings. The number of hydrogen-bond acceptors (Lipinski definition) is 5. The zero-order valence-electron chi connectivity index (χ0n) is 15.4. The monoisotopic (exact) mass is 380 g/mol. The van der Waals surface area contributed by atoms with Crippen molar-refractivity contribution in [2.75, 3.05) is 40.0 Å². The third-order valence-electron chi connectivity index (χ3n) is 4.40. The van der Waals surface area contributed by atoms with Crippen LogP contribution in [0.1, 0.15) is 29.6 Å². The molecule has 0 aromatic heterocycles. The van der Waals surface area contributed by atoms with Crippen LogP contribution in [-0.4, -0.2) is 62.6 Å². The molecule has 27 heavy (non-hydrogen) atoms. The van der Waals surface area contributed by atoms with Crippen molar-refractivity contribution >= 4 is 17.8 Å². The molecule has 0 unspecified atom stereocenters. The van der Waals surface area contributed by atoms with Crippen LogP contribution in [0.4, 0.5) is 4.39 Å². The summed E-state index contributed by atoms with van der Waals surface area (Å²) in [4.78, 5) is 37.7. The number of esters is 1. The second-order valence-electron chi connectivity index (χ2n) is 6.38. The minimum Gasteiger partial charge on any atom is -0.455 e. The van der Waals surface area contributed by atoms with Gasteiger partial charge in [0.2, 0.25) is 0 Å². The van der Waals surface area contributed by atoms with Gasteiger partial charge in [-0.2, -0.15) is 0 Å². The Hall–Kier alpha value is -2.48. The maximum absolute atomic E-state index is 13.0. The molecule has 1 aromatic carbocycles. The zero-order valence-corrected chi connectivity index (χ0v) is 15.4. The van der Waals surface area contributed by atoms with Gasteiger partial charge >= 0.3 is 5.97 Å². The highest BCUT2D eigenvalue weighted by Crippen LogP contribution is 2.20. The molecule has 8 heteroatoms. The van der Waals surface area contributed by atoms with E-state index in [0.29, 0.717) is 51.1 Å². The summed E-state index contributed by atoms with van der Waals surface area (Å²) in [6.45, 7) is 1.54. The Kier molecular flexibility index (Phi) is 8.19. The molecule has 1 aliphatic rings. The van der Waals surface area contributed by atoms with Crippen LogP contribution in [0.25, 0.3) is 0 Å². The molecular formula is C19H25FN2O5. The third kappa shape index (κ3) is 6.63. The number of piperidine rings is 1. The number of likely N-dealkylation sites (tertiary alicyclic amines) is 1. The van der Waals surface area contributed by atoms with Gasteiger partial charge in [-0.15, -0.1) is 0 Å². The van der Waals surface area contributed by atoms with Gasteiger partial charge in [0.25, 0.3) is 11.8 Å². The number of carbonyl (C=O) groups is 3. The number of halogens is 1. The first-order valence-corrected chi connectivity index (χ1v) is 8.98. The predicted octanol–water partition coefficient (Wildman–Crippen LogP) is 1.37. The average Bonchev–Trinajstić information content (AvgIpc) is 2.69. The number of methoxy groups -OCH3 is 1. The summed E-state index contributed by atoms with van der Waals surface area (Å²) in [6.07, 6.45) is 1.64. The van der Waals surface area contributed by atoms with Crippen molar-refractivity contribution < 1.29 is 28.2 Å². The van der Waals surface area contributed by atoms with Gasteiger partial charge in [-0.1, -0.05) is 0 Å². The topological polar surface area (TPSA) is 84.9 Å². The van der Waals surface area contributed by atoms with Crippen molar-refractivity contribution in [1.82, 2.24) is 10.2 Å². The Labute approximate surface area is 157 Å². The third-order valence-corrected chi connectivity index (χ3v) is 4.40. The number of nitrogens with one attached hydrogen (secondary N) is 1. The Morgan fingerprint density at radius 1 is 1.19 bits per heavy atom. The average molecular weight is 380 g/mol. The Balaban J connectivity index is 1.70. The molecule has 7 nitrogen and oxygen atoms in total. The van der Waals surface area contributed by atoms with Crippen LogP contribution in [0.2, 0.25) is 0 Å². The first kappa shape index (κ1) is 20.8. The molecule has 148 valence electrons. The highest BCUT2D eigenvalue weighted by atomic mass is 19.1. The number of hydrogen-bond donors (Lipinski definition) is 1. The van der Waals surface area contributed by atoms with Gasteiger partial charge in [-0.25, -0.2) is 4.39 Å². The lowest BCUT2D eigenvalue weighted by Gasteiger charge is -2.31. The van der Waals surface area contributed by atoms with E-state index >= 15 is 0 Å². The van der Waals surface area contributed by atoms with Crippen molar-refractivity contribution in [3.8, 4) is 0 Å². The predicted molar refractivity (Wildman–Crippen MR) is 95.5 cm³/mol. The minimum absolute atomic E-state index is 0.183. The summed E-state index contributed by atoms with van der Waals surface area (Å²) in [5, 5.41) is 2.64. The van der Waals surface area contributed by atoms with Crippen LogP contribution in [0.3, 0.4) is 0 Å². The quantitative estimate of drug-likeness (QED) is 0.544. The fourth-order valence-electron chi connectivity index (χ4n) is 2.84. The number of benzene rings is 1. The molecular weight excluding hydrogens is 355 g/mol. The molecule has 1 aromatic rings. The molecule has 2 amide bonds. The molecule has 0 radical (unpaired) electrons. The molecule has 1 aliphatic heterocycles. The van der Waals surface area contributed by atoms with Crippen molar-refractivity contribution in [2.24, 2.45) is 5.92 Å². The molecule has 2 rings (SSSR count). The van der Waals surface area contributed by atoms with E-state index < -0.39 is 11.8 Å². The van der Waals surface area contributed by atoms with Crippen LogP contribution in [0.15, 0.2) is 24.3 Å². The van der Waals surface area contributed by atoms with E-state index in [0.717, 1.165) is 0 Å². The van der Waals surface area contributed by atoms with E-state index in [9.17, 15) is 18.8 Å². The number of carbonyl (C=O) groups excluding carboxylic acids is 3. The first-order chi connectivity index (χ1) is 13.0. The standard InChI is InChI=1S/C19H25FN2O5/c1-26-12-2-9-21-17(23)13-27-19(25)15-7-10-22(11-8-15)18(24)14-3-5-16(20)6-4-14/h3-6,15H,2,7-13H2,1H3,(H,21,23). The zero-order chi connectivity index (χ0) is 19.6. The summed E-state index contributed by atoms with van der Waals surface area (Å²) < 4.78 is 22.9. The Bertz CT molecular complexity index is 642. The van der Waals surface area contributed by atoms with E-state index in [1.165, 1.54) is 24.3 Å². The van der Waals surface area contributed by atoms with Gasteiger partial charge < -0.3 is 19.7 Å². The van der Waals surface area contributed by atoms with Crippen LogP contribution >= 0.6 is 0 Å². The maximum atomic E-state index is 13.0. The normalized spacial score (nSPS) is 14.7. The molecule has 0 aliphatic carbocycles. The molecule has 0 atom stereocenters. The van der Waals surface area contributed by atoms with E-state index in [1.807, 2.05) is 0 Å². The molecule has 0 bridgehead atoms. The lowest BCUT2D eigenvalue weighted by molar-refractivity contribution is -0.153. The second kappa shape index (κ2) is 10.6. The summed E-state index contributed by atoms with van der Waals surface area (Å²) in [5.74, 6) is -1.67. The second-order valence-corrected chi connectivity index (χ2v) is 6.38. The molecule has 1 saturated heterocycles. The lowest BCUT2D eigenvalue weighted by Crippen LogP contribution is -2.41. The maximum Gasteiger partial charge on any atom is 0.309 e. The molecule has 0 saturated carbocycles. The van der Waals surface area contributed by atoms with E-state index in [4.69, 9.17) is 9.47 Å². The van der Waals surface area contributed by atoms with Gasteiger partial charge in [0.05, 0.1) is 5.92 Å². The molecule has 0 spiro atoms. The smallest absolute Gasteiger partial charge is 0.309 e. The Morgan fingerprint density at radius 3 is 2.48 bits per heavy atom. The van der Waals surface area contributed by atoms with Crippen LogP contribution in [0, 0.1) is 11.7 Å². The van der Waals surface area contributed by atoms with Gasteiger partial charge in [-0.3, -0.25) is 14.4 Å². The SMILES string of the molecule is COCCCNC(=O)COC(=O)C1CCN(C(=O)c2ccc(F)cc2)CC1. The van der Waals surface area contributed by atoms with Crippen molar-refractivity contribution in [2.45, 2.75) is 19.3 Å². The molecule has 1 N–H and O–H groups in total. The van der Waals surface area contributed by atoms with Crippen molar-refractivity contribution in [3.05, 3.63) is 35.6 Å². The number of nitrogens with zero attached hydrogens (tertiary/aromatic N) is 1. The number of ether oxygens (including phenoxy) is 2. The van der Waals surface area contributed by atoms with E-state index in [-0.39, 0.29) is 24.3 Å². The van der Waals surface area contributed by atoms with E-state index in [2.05, 4.69) is 5.32 Å². The van der Waals surface area contributed by atoms with Gasteiger partial charge in [0.15, 0.2) is 6.61 Å². The van der Waals surface area contributed by atoms with E-state index in [1.54, 1.807) is 12.0 Å². The summed E-state index contributed by atoms with van der Waals surface area (Å²) in [6, 6.07) is 5.39. The fraction of sp³-hybridized carbons (Fsp3) is 0.526. The van der Waals surface area contributed by atoms with Gasteiger partial charge in [-0.05, 0) is 43.5 Å². The number of amides is 2. The molecule has 1 heterocycles. The van der Waals surface area contributed by atoms with Gasteiger partial charge in [0, 0.05) is 38.9 Å². The highest BCUT2D eigenvalue weighted by Gasteiger charge is 2.29. The Morgan fingerprint density at radius 2 is 1.85 bits per heavy atom. The number of rotatable bonds is 8. The lowest BCUT2D eigenvalue weighted by atomic mass is 9.96. The van der Waals surface area contributed by atoms with Crippen LogP contribution in [0.5, 0.6) is 0 Å². The highest BCUT2D eigenvalue weighted by molar-refractivity contribution is 5.94. The first-order valence-electron chi connectivity index (χ1n) is 8.98. The van der Waals surface area contributed by atoms with Crippen LogP contribution < -0.4 is 5.32 Å². The summed E-state index contributed by atoms with van der Waals surface area (Å²) >= 11 is 0.